The topological polar surface area (TPSA) is 17.1 Å². The van der Waals surface area contributed by atoms with Gasteiger partial charge in [0.1, 0.15) is 6.29 Å². The van der Waals surface area contributed by atoms with Crippen molar-refractivity contribution in [3.8, 4) is 0 Å². The van der Waals surface area contributed by atoms with Gasteiger partial charge in [0.15, 0.2) is 0 Å². The summed E-state index contributed by atoms with van der Waals surface area (Å²) in [5.41, 5.74) is -0.753. The lowest BCUT2D eigenvalue weighted by molar-refractivity contribution is -0.138. The second kappa shape index (κ2) is 5.19. The minimum absolute atomic E-state index is 0.0165. The Hall–Kier alpha value is -0.550. The fourth-order valence-electron chi connectivity index (χ4n) is 1.25. The minimum Gasteiger partial charge on any atom is -0.302 e. The predicted octanol–water partition coefficient (Wildman–Crippen LogP) is 3.82. The Kier molecular flexibility index (Phi) is 4.38. The Labute approximate surface area is 104 Å². The summed E-state index contributed by atoms with van der Waals surface area (Å²) in [7, 11) is 0. The number of hydrogen-bond acceptors (Lipinski definition) is 1. The van der Waals surface area contributed by atoms with Crippen LogP contribution in [0.3, 0.4) is 0 Å². The number of hydrogen-bond donors (Lipinski definition) is 0. The van der Waals surface area contributed by atoms with E-state index in [-0.39, 0.29) is 12.0 Å². The summed E-state index contributed by atoms with van der Waals surface area (Å²) in [6.45, 7) is 0. The molecule has 0 aliphatic heterocycles. The van der Waals surface area contributed by atoms with Crippen molar-refractivity contribution in [3.63, 3.8) is 0 Å². The Morgan fingerprint density at radius 1 is 1.44 bits per heavy atom. The average molecular weight is 316 g/mol. The van der Waals surface area contributed by atoms with Crippen molar-refractivity contribution in [1.29, 1.82) is 0 Å². The molecule has 16 heavy (non-hydrogen) atoms. The zero-order valence-corrected chi connectivity index (χ0v) is 10.2. The smallest absolute Gasteiger partial charge is 0.302 e. The highest BCUT2D eigenvalue weighted by molar-refractivity contribution is 9.10. The molecule has 0 saturated heterocycles. The van der Waals surface area contributed by atoms with Crippen molar-refractivity contribution in [2.24, 2.45) is 0 Å². The van der Waals surface area contributed by atoms with Gasteiger partial charge in [0, 0.05) is 4.47 Å². The maximum Gasteiger partial charge on any atom is 0.416 e. The normalized spacial score (nSPS) is 13.6. The van der Waals surface area contributed by atoms with Gasteiger partial charge in [-0.15, -0.1) is 11.6 Å². The maximum absolute atomic E-state index is 12.6. The number of aldehydes is 1. The molecule has 1 atom stereocenters. The van der Waals surface area contributed by atoms with Crippen molar-refractivity contribution in [1.82, 2.24) is 0 Å². The molecule has 0 radical (unpaired) electrons. The van der Waals surface area contributed by atoms with E-state index in [0.717, 1.165) is 6.07 Å². The molecule has 0 N–H and O–H groups in total. The predicted molar refractivity (Wildman–Crippen MR) is 58.6 cm³/mol. The quantitative estimate of drug-likeness (QED) is 0.612. The van der Waals surface area contributed by atoms with Gasteiger partial charge in [0.05, 0.1) is 10.9 Å². The van der Waals surface area contributed by atoms with Crippen molar-refractivity contribution in [2.45, 2.75) is 18.0 Å². The Morgan fingerprint density at radius 3 is 2.56 bits per heavy atom. The van der Waals surface area contributed by atoms with Crippen LogP contribution in [0.25, 0.3) is 0 Å². The zero-order chi connectivity index (χ0) is 12.3. The van der Waals surface area contributed by atoms with Gasteiger partial charge in [-0.25, -0.2) is 0 Å². The standard InChI is InChI=1S/C10H7BrClF3O/c11-7-2-1-6(3-8(12)5-16)9(4-7)10(13,14)15/h1-2,4-5,8H,3H2. The Balaban J connectivity index is 3.13. The molecule has 0 aliphatic rings. The third-order valence-electron chi connectivity index (χ3n) is 1.94. The lowest BCUT2D eigenvalue weighted by Gasteiger charge is -2.13. The lowest BCUT2D eigenvalue weighted by Crippen LogP contribution is -2.13. The van der Waals surface area contributed by atoms with E-state index in [1.54, 1.807) is 0 Å². The molecule has 0 bridgehead atoms. The van der Waals surface area contributed by atoms with Crippen LogP contribution < -0.4 is 0 Å². The molecule has 0 saturated carbocycles. The highest BCUT2D eigenvalue weighted by Crippen LogP contribution is 2.34. The molecule has 0 aliphatic carbocycles. The highest BCUT2D eigenvalue weighted by atomic mass is 79.9. The van der Waals surface area contributed by atoms with E-state index in [2.05, 4.69) is 15.9 Å². The minimum atomic E-state index is -4.45. The molecule has 0 heterocycles. The van der Waals surface area contributed by atoms with Crippen molar-refractivity contribution in [2.75, 3.05) is 0 Å². The summed E-state index contributed by atoms with van der Waals surface area (Å²) < 4.78 is 38.2. The van der Waals surface area contributed by atoms with Crippen molar-refractivity contribution >= 4 is 33.8 Å². The molecule has 0 amide bonds. The van der Waals surface area contributed by atoms with Crippen LogP contribution in [0.5, 0.6) is 0 Å². The summed E-state index contributed by atoms with van der Waals surface area (Å²) in [6, 6.07) is 3.77. The van der Waals surface area contributed by atoms with E-state index in [1.165, 1.54) is 12.1 Å². The summed E-state index contributed by atoms with van der Waals surface area (Å²) >= 11 is 8.48. The van der Waals surface area contributed by atoms with Crippen LogP contribution in [-0.4, -0.2) is 11.7 Å². The third kappa shape index (κ3) is 3.49. The second-order valence-corrected chi connectivity index (χ2v) is 4.63. The van der Waals surface area contributed by atoms with E-state index in [9.17, 15) is 18.0 Å². The molecule has 0 fully saturated rings. The van der Waals surface area contributed by atoms with Crippen LogP contribution in [0.2, 0.25) is 0 Å². The molecule has 1 aromatic rings. The lowest BCUT2D eigenvalue weighted by atomic mass is 10.0. The average Bonchev–Trinajstić information content (AvgIpc) is 2.19. The van der Waals surface area contributed by atoms with Gasteiger partial charge in [-0.1, -0.05) is 22.0 Å². The van der Waals surface area contributed by atoms with E-state index in [1.807, 2.05) is 0 Å². The van der Waals surface area contributed by atoms with E-state index in [0.29, 0.717) is 10.8 Å². The van der Waals surface area contributed by atoms with Crippen molar-refractivity contribution in [3.05, 3.63) is 33.8 Å². The van der Waals surface area contributed by atoms with Gasteiger partial charge < -0.3 is 4.79 Å². The van der Waals surface area contributed by atoms with Gasteiger partial charge in [-0.2, -0.15) is 13.2 Å². The van der Waals surface area contributed by atoms with E-state index in [4.69, 9.17) is 11.6 Å². The van der Waals surface area contributed by atoms with Crippen LogP contribution in [0.15, 0.2) is 22.7 Å². The van der Waals surface area contributed by atoms with E-state index >= 15 is 0 Å². The number of alkyl halides is 4. The first-order valence-electron chi connectivity index (χ1n) is 4.29. The molecule has 1 rings (SSSR count). The maximum atomic E-state index is 12.6. The largest absolute Gasteiger partial charge is 0.416 e. The van der Waals surface area contributed by atoms with Gasteiger partial charge in [0.25, 0.3) is 0 Å². The van der Waals surface area contributed by atoms with Crippen LogP contribution in [0.1, 0.15) is 11.1 Å². The molecular weight excluding hydrogens is 308 g/mol. The van der Waals surface area contributed by atoms with Crippen LogP contribution >= 0.6 is 27.5 Å². The van der Waals surface area contributed by atoms with E-state index < -0.39 is 17.1 Å². The molecule has 0 spiro atoms. The molecule has 6 heteroatoms. The summed E-state index contributed by atoms with van der Waals surface area (Å²) in [5.74, 6) is 0. The summed E-state index contributed by atoms with van der Waals surface area (Å²) in [5, 5.41) is -0.942. The molecule has 1 aromatic carbocycles. The summed E-state index contributed by atoms with van der Waals surface area (Å²) in [4.78, 5) is 10.3. The van der Waals surface area contributed by atoms with Gasteiger partial charge >= 0.3 is 6.18 Å². The second-order valence-electron chi connectivity index (χ2n) is 3.16. The first-order valence-corrected chi connectivity index (χ1v) is 5.52. The first kappa shape index (κ1) is 13.5. The number of carbonyl (C=O) groups excluding carboxylic acids is 1. The molecule has 1 nitrogen and oxygen atoms in total. The third-order valence-corrected chi connectivity index (χ3v) is 2.69. The van der Waals surface area contributed by atoms with Crippen LogP contribution in [0.4, 0.5) is 13.2 Å². The fourth-order valence-corrected chi connectivity index (χ4v) is 1.78. The molecular formula is C10H7BrClF3O. The van der Waals surface area contributed by atoms with Gasteiger partial charge in [-0.05, 0) is 24.1 Å². The summed E-state index contributed by atoms with van der Waals surface area (Å²) in [6.07, 6.45) is -4.16. The number of benzene rings is 1. The van der Waals surface area contributed by atoms with Crippen LogP contribution in [0, 0.1) is 0 Å². The number of rotatable bonds is 3. The SMILES string of the molecule is O=CC(Cl)Cc1ccc(Br)cc1C(F)(F)F. The molecule has 0 aromatic heterocycles. The molecule has 88 valence electrons. The number of carbonyl (C=O) groups is 1. The monoisotopic (exact) mass is 314 g/mol. The Bertz CT molecular complexity index is 392. The van der Waals surface area contributed by atoms with Crippen molar-refractivity contribution < 1.29 is 18.0 Å². The Morgan fingerprint density at radius 2 is 2.06 bits per heavy atom. The first-order chi connectivity index (χ1) is 7.34. The highest BCUT2D eigenvalue weighted by Gasteiger charge is 2.33. The van der Waals surface area contributed by atoms with Gasteiger partial charge in [0.2, 0.25) is 0 Å². The zero-order valence-electron chi connectivity index (χ0n) is 7.89. The fraction of sp³-hybridized carbons (Fsp3) is 0.300. The number of halogens is 5. The molecule has 1 unspecified atom stereocenters. The van der Waals surface area contributed by atoms with Gasteiger partial charge in [-0.3, -0.25) is 0 Å². The van der Waals surface area contributed by atoms with Crippen LogP contribution in [-0.2, 0) is 17.4 Å².